The maximum absolute atomic E-state index is 12.2. The van der Waals surface area contributed by atoms with Gasteiger partial charge in [-0.15, -0.1) is 0 Å². The Morgan fingerprint density at radius 1 is 1.46 bits per heavy atom. The molecule has 0 saturated heterocycles. The Labute approximate surface area is 80.5 Å². The maximum Gasteiger partial charge on any atom is 0.419 e. The Morgan fingerprint density at radius 3 is 2.54 bits per heavy atom. The molecule has 0 unspecified atom stereocenters. The highest BCUT2D eigenvalue weighted by Crippen LogP contribution is 2.33. The van der Waals surface area contributed by atoms with Crippen molar-refractivity contribution in [1.29, 1.82) is 0 Å². The van der Waals surface area contributed by atoms with E-state index in [2.05, 4.69) is 20.9 Å². The quantitative estimate of drug-likeness (QED) is 0.782. The molecule has 0 bridgehead atoms. The molecular formula is C7H5BrF3NO. The number of nitrogens with zero attached hydrogens (tertiary/aromatic N) is 1. The van der Waals surface area contributed by atoms with Gasteiger partial charge in [0.15, 0.2) is 0 Å². The smallest absolute Gasteiger partial charge is 0.392 e. The summed E-state index contributed by atoms with van der Waals surface area (Å²) in [6, 6.07) is 0.858. The Morgan fingerprint density at radius 2 is 2.08 bits per heavy atom. The molecule has 0 saturated carbocycles. The second-order valence-electron chi connectivity index (χ2n) is 2.34. The van der Waals surface area contributed by atoms with Crippen LogP contribution in [-0.4, -0.2) is 10.1 Å². The zero-order valence-corrected chi connectivity index (χ0v) is 7.85. The third kappa shape index (κ3) is 2.41. The standard InChI is InChI=1S/C7H5BrF3NO/c8-6-5(7(9,10)11)1-4(3-13)2-12-6/h1-2,13H,3H2. The van der Waals surface area contributed by atoms with E-state index in [1.807, 2.05) is 0 Å². The summed E-state index contributed by atoms with van der Waals surface area (Å²) in [6.07, 6.45) is -3.27. The first-order chi connectivity index (χ1) is 5.95. The fourth-order valence-electron chi connectivity index (χ4n) is 0.777. The molecule has 2 nitrogen and oxygen atoms in total. The van der Waals surface area contributed by atoms with Gasteiger partial charge in [0.1, 0.15) is 4.60 Å². The van der Waals surface area contributed by atoms with Crippen LogP contribution < -0.4 is 0 Å². The van der Waals surface area contributed by atoms with E-state index in [1.165, 1.54) is 6.20 Å². The predicted octanol–water partition coefficient (Wildman–Crippen LogP) is 2.36. The van der Waals surface area contributed by atoms with Crippen LogP contribution in [0.3, 0.4) is 0 Å². The lowest BCUT2D eigenvalue weighted by molar-refractivity contribution is -0.138. The van der Waals surface area contributed by atoms with E-state index in [0.29, 0.717) is 0 Å². The molecule has 0 radical (unpaired) electrons. The van der Waals surface area contributed by atoms with Crippen LogP contribution in [0.5, 0.6) is 0 Å². The highest BCUT2D eigenvalue weighted by molar-refractivity contribution is 9.10. The van der Waals surface area contributed by atoms with Gasteiger partial charge in [0.05, 0.1) is 12.2 Å². The van der Waals surface area contributed by atoms with E-state index < -0.39 is 18.3 Å². The van der Waals surface area contributed by atoms with E-state index in [-0.39, 0.29) is 10.2 Å². The van der Waals surface area contributed by atoms with Crippen molar-refractivity contribution in [1.82, 2.24) is 4.98 Å². The number of pyridine rings is 1. The highest BCUT2D eigenvalue weighted by Gasteiger charge is 2.33. The van der Waals surface area contributed by atoms with E-state index in [0.717, 1.165) is 6.07 Å². The van der Waals surface area contributed by atoms with Crippen LogP contribution in [0, 0.1) is 0 Å². The average Bonchev–Trinajstić information content (AvgIpc) is 2.03. The summed E-state index contributed by atoms with van der Waals surface area (Å²) in [7, 11) is 0. The Hall–Kier alpha value is -0.620. The van der Waals surface area contributed by atoms with Crippen LogP contribution in [0.2, 0.25) is 0 Å². The van der Waals surface area contributed by atoms with Gasteiger partial charge in [0, 0.05) is 6.20 Å². The number of halogens is 4. The van der Waals surface area contributed by atoms with Crippen LogP contribution in [0.25, 0.3) is 0 Å². The van der Waals surface area contributed by atoms with E-state index >= 15 is 0 Å². The lowest BCUT2D eigenvalue weighted by Gasteiger charge is -2.08. The van der Waals surface area contributed by atoms with Crippen LogP contribution in [0.1, 0.15) is 11.1 Å². The molecule has 1 N–H and O–H groups in total. The van der Waals surface area contributed by atoms with Gasteiger partial charge in [-0.2, -0.15) is 13.2 Å². The van der Waals surface area contributed by atoms with Crippen molar-refractivity contribution in [2.24, 2.45) is 0 Å². The third-order valence-corrected chi connectivity index (χ3v) is 2.02. The summed E-state index contributed by atoms with van der Waals surface area (Å²) in [4.78, 5) is 3.45. The zero-order chi connectivity index (χ0) is 10.1. The van der Waals surface area contributed by atoms with Crippen molar-refractivity contribution < 1.29 is 18.3 Å². The maximum atomic E-state index is 12.2. The summed E-state index contributed by atoms with van der Waals surface area (Å²) in [6.45, 7) is -0.455. The van der Waals surface area contributed by atoms with Crippen LogP contribution >= 0.6 is 15.9 Å². The van der Waals surface area contributed by atoms with Gasteiger partial charge < -0.3 is 5.11 Å². The molecule has 1 aromatic heterocycles. The van der Waals surface area contributed by atoms with Crippen molar-refractivity contribution >= 4 is 15.9 Å². The summed E-state index contributed by atoms with van der Waals surface area (Å²) in [5, 5.41) is 8.60. The van der Waals surface area contributed by atoms with Crippen LogP contribution in [0.4, 0.5) is 13.2 Å². The highest BCUT2D eigenvalue weighted by atomic mass is 79.9. The normalized spacial score (nSPS) is 11.8. The summed E-state index contributed by atoms with van der Waals surface area (Å²) < 4.78 is 36.4. The number of alkyl halides is 3. The molecule has 1 heterocycles. The first kappa shape index (κ1) is 10.5. The minimum atomic E-state index is -4.45. The molecule has 1 rings (SSSR count). The molecule has 0 aliphatic rings. The lowest BCUT2D eigenvalue weighted by Crippen LogP contribution is -2.08. The third-order valence-electron chi connectivity index (χ3n) is 1.38. The molecule has 0 aliphatic heterocycles. The zero-order valence-electron chi connectivity index (χ0n) is 6.27. The molecule has 0 amide bonds. The first-order valence-electron chi connectivity index (χ1n) is 3.27. The molecule has 0 aliphatic carbocycles. The summed E-state index contributed by atoms with van der Waals surface area (Å²) in [5.41, 5.74) is -0.741. The van der Waals surface area contributed by atoms with Crippen molar-refractivity contribution in [3.8, 4) is 0 Å². The molecule has 1 aromatic rings. The van der Waals surface area contributed by atoms with Crippen LogP contribution in [0.15, 0.2) is 16.9 Å². The Balaban J connectivity index is 3.19. The molecule has 72 valence electrons. The topological polar surface area (TPSA) is 33.1 Å². The SMILES string of the molecule is OCc1cnc(Br)c(C(F)(F)F)c1. The number of hydrogen-bond acceptors (Lipinski definition) is 2. The van der Waals surface area contributed by atoms with Crippen molar-refractivity contribution in [3.05, 3.63) is 28.0 Å². The Kier molecular flexibility index (Phi) is 2.92. The molecule has 13 heavy (non-hydrogen) atoms. The number of rotatable bonds is 1. The van der Waals surface area contributed by atoms with Gasteiger partial charge in [0.25, 0.3) is 0 Å². The minimum Gasteiger partial charge on any atom is -0.392 e. The second kappa shape index (κ2) is 3.63. The fourth-order valence-corrected chi connectivity index (χ4v) is 1.22. The molecule has 6 heteroatoms. The number of hydrogen-bond donors (Lipinski definition) is 1. The fraction of sp³-hybridized carbons (Fsp3) is 0.286. The lowest BCUT2D eigenvalue weighted by atomic mass is 10.2. The van der Waals surface area contributed by atoms with Gasteiger partial charge in [-0.1, -0.05) is 0 Å². The van der Waals surface area contributed by atoms with Gasteiger partial charge in [-0.3, -0.25) is 0 Å². The second-order valence-corrected chi connectivity index (χ2v) is 3.09. The van der Waals surface area contributed by atoms with Gasteiger partial charge in [0.2, 0.25) is 0 Å². The largest absolute Gasteiger partial charge is 0.419 e. The van der Waals surface area contributed by atoms with E-state index in [1.54, 1.807) is 0 Å². The molecule has 0 aromatic carbocycles. The number of aliphatic hydroxyl groups excluding tert-OH is 1. The molecule has 0 fully saturated rings. The van der Waals surface area contributed by atoms with Gasteiger partial charge >= 0.3 is 6.18 Å². The van der Waals surface area contributed by atoms with E-state index in [4.69, 9.17) is 5.11 Å². The Bertz CT molecular complexity index is 313. The van der Waals surface area contributed by atoms with Gasteiger partial charge in [-0.05, 0) is 27.6 Å². The van der Waals surface area contributed by atoms with Crippen molar-refractivity contribution in [2.45, 2.75) is 12.8 Å². The van der Waals surface area contributed by atoms with Gasteiger partial charge in [-0.25, -0.2) is 4.98 Å². The van der Waals surface area contributed by atoms with Crippen molar-refractivity contribution in [3.63, 3.8) is 0 Å². The van der Waals surface area contributed by atoms with Crippen molar-refractivity contribution in [2.75, 3.05) is 0 Å². The predicted molar refractivity (Wildman–Crippen MR) is 42.9 cm³/mol. The molecular weight excluding hydrogens is 251 g/mol. The summed E-state index contributed by atoms with van der Waals surface area (Å²) >= 11 is 2.68. The minimum absolute atomic E-state index is 0.135. The summed E-state index contributed by atoms with van der Waals surface area (Å²) in [5.74, 6) is 0. The van der Waals surface area contributed by atoms with Crippen LogP contribution in [-0.2, 0) is 12.8 Å². The monoisotopic (exact) mass is 255 g/mol. The molecule has 0 spiro atoms. The first-order valence-corrected chi connectivity index (χ1v) is 4.07. The number of aromatic nitrogens is 1. The molecule has 0 atom stereocenters. The average molecular weight is 256 g/mol. The van der Waals surface area contributed by atoms with E-state index in [9.17, 15) is 13.2 Å². The number of aliphatic hydroxyl groups is 1.